The molecule has 2 aromatic carbocycles. The molecule has 2 rings (SSSR count). The van der Waals surface area contributed by atoms with Gasteiger partial charge in [0.25, 0.3) is 0 Å². The molecular formula is C15H15BrFN3O. The quantitative estimate of drug-likeness (QED) is 0.773. The van der Waals surface area contributed by atoms with Crippen LogP contribution in [0.25, 0.3) is 0 Å². The van der Waals surface area contributed by atoms with Crippen LogP contribution >= 0.6 is 15.9 Å². The fourth-order valence-electron chi connectivity index (χ4n) is 1.75. The van der Waals surface area contributed by atoms with E-state index in [9.17, 15) is 9.18 Å². The SMILES string of the molecule is CC(N)c1ccc(NC(=O)Nc2cc(Br)ccc2F)cc1. The summed E-state index contributed by atoms with van der Waals surface area (Å²) in [6.07, 6.45) is 0. The highest BCUT2D eigenvalue weighted by atomic mass is 79.9. The third-order valence-corrected chi connectivity index (χ3v) is 3.36. The van der Waals surface area contributed by atoms with E-state index in [1.54, 1.807) is 18.2 Å². The molecular weight excluding hydrogens is 337 g/mol. The minimum atomic E-state index is -0.513. The van der Waals surface area contributed by atoms with Gasteiger partial charge in [-0.3, -0.25) is 0 Å². The third-order valence-electron chi connectivity index (χ3n) is 2.87. The molecule has 0 heterocycles. The fraction of sp³-hybridized carbons (Fsp3) is 0.133. The predicted octanol–water partition coefficient (Wildman–Crippen LogP) is 4.25. The number of benzene rings is 2. The second kappa shape index (κ2) is 6.69. The lowest BCUT2D eigenvalue weighted by atomic mass is 10.1. The Balaban J connectivity index is 2.03. The van der Waals surface area contributed by atoms with Gasteiger partial charge in [0, 0.05) is 16.2 Å². The van der Waals surface area contributed by atoms with Crippen molar-refractivity contribution in [2.45, 2.75) is 13.0 Å². The molecule has 1 unspecified atom stereocenters. The van der Waals surface area contributed by atoms with Crippen molar-refractivity contribution >= 4 is 33.3 Å². The number of rotatable bonds is 3. The number of hydrogen-bond donors (Lipinski definition) is 3. The van der Waals surface area contributed by atoms with Gasteiger partial charge in [0.1, 0.15) is 5.82 Å². The number of hydrogen-bond acceptors (Lipinski definition) is 2. The van der Waals surface area contributed by atoms with Gasteiger partial charge in [0.05, 0.1) is 5.69 Å². The molecule has 2 amide bonds. The maximum absolute atomic E-state index is 13.5. The zero-order chi connectivity index (χ0) is 15.4. The Bertz CT molecular complexity index is 644. The Morgan fingerprint density at radius 3 is 2.48 bits per heavy atom. The van der Waals surface area contributed by atoms with Gasteiger partial charge >= 0.3 is 6.03 Å². The predicted molar refractivity (Wildman–Crippen MR) is 85.8 cm³/mol. The van der Waals surface area contributed by atoms with Gasteiger partial charge in [0.2, 0.25) is 0 Å². The molecule has 4 N–H and O–H groups in total. The van der Waals surface area contributed by atoms with Crippen LogP contribution in [0.1, 0.15) is 18.5 Å². The van der Waals surface area contributed by atoms with E-state index in [-0.39, 0.29) is 11.7 Å². The average molecular weight is 352 g/mol. The van der Waals surface area contributed by atoms with Gasteiger partial charge in [-0.05, 0) is 42.8 Å². The van der Waals surface area contributed by atoms with Crippen LogP contribution in [0.15, 0.2) is 46.9 Å². The lowest BCUT2D eigenvalue weighted by Gasteiger charge is -2.10. The summed E-state index contributed by atoms with van der Waals surface area (Å²) < 4.78 is 14.2. The van der Waals surface area contributed by atoms with Crippen LogP contribution in [0, 0.1) is 5.82 Å². The lowest BCUT2D eigenvalue weighted by molar-refractivity contribution is 0.262. The normalized spacial score (nSPS) is 11.8. The molecule has 0 spiro atoms. The minimum Gasteiger partial charge on any atom is -0.324 e. The maximum Gasteiger partial charge on any atom is 0.323 e. The van der Waals surface area contributed by atoms with E-state index in [0.717, 1.165) is 5.56 Å². The smallest absolute Gasteiger partial charge is 0.323 e. The average Bonchev–Trinajstić information content (AvgIpc) is 2.43. The number of urea groups is 1. The molecule has 0 saturated carbocycles. The Kier molecular flexibility index (Phi) is 4.93. The summed E-state index contributed by atoms with van der Waals surface area (Å²) in [5.41, 5.74) is 7.43. The Labute approximate surface area is 130 Å². The molecule has 1 atom stereocenters. The molecule has 2 aromatic rings. The van der Waals surface area contributed by atoms with Crippen molar-refractivity contribution in [3.8, 4) is 0 Å². The van der Waals surface area contributed by atoms with Gasteiger partial charge in [-0.1, -0.05) is 28.1 Å². The first-order valence-corrected chi connectivity index (χ1v) is 7.13. The highest BCUT2D eigenvalue weighted by molar-refractivity contribution is 9.10. The van der Waals surface area contributed by atoms with Gasteiger partial charge in [-0.25, -0.2) is 9.18 Å². The highest BCUT2D eigenvalue weighted by Crippen LogP contribution is 2.20. The molecule has 6 heteroatoms. The summed E-state index contributed by atoms with van der Waals surface area (Å²) in [6, 6.07) is 10.9. The van der Waals surface area contributed by atoms with Crippen LogP contribution in [0.4, 0.5) is 20.6 Å². The summed E-state index contributed by atoms with van der Waals surface area (Å²) in [5, 5.41) is 5.09. The van der Waals surface area contributed by atoms with Crippen molar-refractivity contribution in [3.63, 3.8) is 0 Å². The molecule has 0 radical (unpaired) electrons. The van der Waals surface area contributed by atoms with Crippen LogP contribution in [0.2, 0.25) is 0 Å². The third kappa shape index (κ3) is 4.27. The first kappa shape index (κ1) is 15.5. The molecule has 21 heavy (non-hydrogen) atoms. The van der Waals surface area contributed by atoms with Crippen molar-refractivity contribution < 1.29 is 9.18 Å². The van der Waals surface area contributed by atoms with E-state index >= 15 is 0 Å². The van der Waals surface area contributed by atoms with Gasteiger partial charge in [-0.15, -0.1) is 0 Å². The largest absolute Gasteiger partial charge is 0.324 e. The number of carbonyl (C=O) groups is 1. The van der Waals surface area contributed by atoms with E-state index in [0.29, 0.717) is 10.2 Å². The molecule has 0 aliphatic carbocycles. The van der Waals surface area contributed by atoms with Crippen LogP contribution in [-0.2, 0) is 0 Å². The summed E-state index contributed by atoms with van der Waals surface area (Å²) in [6.45, 7) is 1.88. The minimum absolute atomic E-state index is 0.0661. The van der Waals surface area contributed by atoms with E-state index in [1.165, 1.54) is 12.1 Å². The number of nitrogens with two attached hydrogens (primary N) is 1. The Hall–Kier alpha value is -1.92. The van der Waals surface area contributed by atoms with Crippen molar-refractivity contribution in [1.29, 1.82) is 0 Å². The first-order valence-electron chi connectivity index (χ1n) is 6.34. The first-order chi connectivity index (χ1) is 9.95. The van der Waals surface area contributed by atoms with Gasteiger partial charge in [0.15, 0.2) is 0 Å². The molecule has 0 fully saturated rings. The standard InChI is InChI=1S/C15H15BrFN3O/c1-9(18)10-2-5-12(6-3-10)19-15(21)20-14-8-11(16)4-7-13(14)17/h2-9H,18H2,1H3,(H2,19,20,21). The highest BCUT2D eigenvalue weighted by Gasteiger charge is 2.08. The molecule has 0 aromatic heterocycles. The van der Waals surface area contributed by atoms with E-state index in [2.05, 4.69) is 26.6 Å². The molecule has 110 valence electrons. The second-order valence-corrected chi connectivity index (χ2v) is 5.53. The Morgan fingerprint density at radius 1 is 1.19 bits per heavy atom. The van der Waals surface area contributed by atoms with E-state index in [4.69, 9.17) is 5.73 Å². The van der Waals surface area contributed by atoms with Crippen LogP contribution in [0.3, 0.4) is 0 Å². The molecule has 0 aliphatic heterocycles. The number of nitrogens with one attached hydrogen (secondary N) is 2. The molecule has 4 nitrogen and oxygen atoms in total. The number of halogens is 2. The van der Waals surface area contributed by atoms with E-state index in [1.807, 2.05) is 19.1 Å². The lowest BCUT2D eigenvalue weighted by Crippen LogP contribution is -2.20. The summed E-state index contributed by atoms with van der Waals surface area (Å²) in [5.74, 6) is -0.499. The molecule has 0 aliphatic rings. The van der Waals surface area contributed by atoms with Crippen molar-refractivity contribution in [3.05, 3.63) is 58.3 Å². The summed E-state index contributed by atoms with van der Waals surface area (Å²) in [7, 11) is 0. The van der Waals surface area contributed by atoms with Crippen LogP contribution in [0.5, 0.6) is 0 Å². The number of carbonyl (C=O) groups excluding carboxylic acids is 1. The fourth-order valence-corrected chi connectivity index (χ4v) is 2.11. The molecule has 0 saturated heterocycles. The second-order valence-electron chi connectivity index (χ2n) is 4.61. The molecule has 0 bridgehead atoms. The van der Waals surface area contributed by atoms with Crippen LogP contribution in [-0.4, -0.2) is 6.03 Å². The van der Waals surface area contributed by atoms with E-state index < -0.39 is 11.8 Å². The van der Waals surface area contributed by atoms with Crippen molar-refractivity contribution in [1.82, 2.24) is 0 Å². The zero-order valence-electron chi connectivity index (χ0n) is 11.4. The summed E-state index contributed by atoms with van der Waals surface area (Å²) >= 11 is 3.22. The van der Waals surface area contributed by atoms with Gasteiger partial charge in [-0.2, -0.15) is 0 Å². The summed E-state index contributed by atoms with van der Waals surface area (Å²) in [4.78, 5) is 11.8. The van der Waals surface area contributed by atoms with Crippen molar-refractivity contribution in [2.75, 3.05) is 10.6 Å². The van der Waals surface area contributed by atoms with Crippen molar-refractivity contribution in [2.24, 2.45) is 5.73 Å². The van der Waals surface area contributed by atoms with Gasteiger partial charge < -0.3 is 16.4 Å². The topological polar surface area (TPSA) is 67.1 Å². The Morgan fingerprint density at radius 2 is 1.86 bits per heavy atom. The number of amides is 2. The maximum atomic E-state index is 13.5. The number of anilines is 2. The zero-order valence-corrected chi connectivity index (χ0v) is 12.9. The monoisotopic (exact) mass is 351 g/mol. The van der Waals surface area contributed by atoms with Crippen LogP contribution < -0.4 is 16.4 Å².